The molecule has 0 aliphatic heterocycles. The first kappa shape index (κ1) is 15.9. The maximum atomic E-state index is 11.6. The van der Waals surface area contributed by atoms with E-state index >= 15 is 0 Å². The zero-order valence-corrected chi connectivity index (χ0v) is 12.7. The summed E-state index contributed by atoms with van der Waals surface area (Å²) in [7, 11) is -1.94. The number of benzene rings is 1. The lowest BCUT2D eigenvalue weighted by Crippen LogP contribution is -2.20. The van der Waals surface area contributed by atoms with Crippen molar-refractivity contribution in [3.8, 4) is 0 Å². The van der Waals surface area contributed by atoms with Gasteiger partial charge in [0.05, 0.1) is 4.90 Å². The van der Waals surface area contributed by atoms with Crippen LogP contribution in [-0.2, 0) is 10.0 Å². The number of rotatable bonds is 6. The van der Waals surface area contributed by atoms with Gasteiger partial charge in [-0.1, -0.05) is 23.8 Å². The van der Waals surface area contributed by atoms with Gasteiger partial charge in [0.15, 0.2) is 0 Å². The SMILES string of the molecule is CNS(=O)(=O)c1ccc([C@@H](C)NCC=C(C)C)cc1. The minimum atomic E-state index is -3.35. The molecule has 0 heterocycles. The van der Waals surface area contributed by atoms with Gasteiger partial charge in [0.1, 0.15) is 0 Å². The molecule has 1 rings (SSSR count). The molecule has 1 aromatic rings. The first-order valence-electron chi connectivity index (χ1n) is 6.27. The topological polar surface area (TPSA) is 58.2 Å². The molecule has 0 unspecified atom stereocenters. The second kappa shape index (κ2) is 6.84. The highest BCUT2D eigenvalue weighted by Crippen LogP contribution is 2.15. The third kappa shape index (κ3) is 4.78. The quantitative estimate of drug-likeness (QED) is 0.787. The van der Waals surface area contributed by atoms with Gasteiger partial charge in [-0.15, -0.1) is 0 Å². The number of hydrogen-bond donors (Lipinski definition) is 2. The van der Waals surface area contributed by atoms with Crippen molar-refractivity contribution in [2.75, 3.05) is 13.6 Å². The molecule has 1 atom stereocenters. The van der Waals surface area contributed by atoms with Gasteiger partial charge in [0.25, 0.3) is 0 Å². The van der Waals surface area contributed by atoms with Crippen LogP contribution in [0, 0.1) is 0 Å². The summed E-state index contributed by atoms with van der Waals surface area (Å²) in [6.07, 6.45) is 2.12. The lowest BCUT2D eigenvalue weighted by Gasteiger charge is -2.13. The highest BCUT2D eigenvalue weighted by Gasteiger charge is 2.11. The van der Waals surface area contributed by atoms with Crippen molar-refractivity contribution in [3.63, 3.8) is 0 Å². The Hall–Kier alpha value is -1.17. The van der Waals surface area contributed by atoms with Crippen molar-refractivity contribution in [1.29, 1.82) is 0 Å². The monoisotopic (exact) mass is 282 g/mol. The number of hydrogen-bond acceptors (Lipinski definition) is 3. The summed E-state index contributed by atoms with van der Waals surface area (Å²) in [5.74, 6) is 0. The van der Waals surface area contributed by atoms with E-state index in [1.54, 1.807) is 12.1 Å². The van der Waals surface area contributed by atoms with Gasteiger partial charge >= 0.3 is 0 Å². The normalized spacial score (nSPS) is 13.1. The second-order valence-electron chi connectivity index (χ2n) is 4.69. The average molecular weight is 282 g/mol. The summed E-state index contributed by atoms with van der Waals surface area (Å²) in [6.45, 7) is 6.98. The lowest BCUT2D eigenvalue weighted by atomic mass is 10.1. The molecular weight excluding hydrogens is 260 g/mol. The molecule has 0 aliphatic rings. The van der Waals surface area contributed by atoms with Crippen LogP contribution in [0.4, 0.5) is 0 Å². The molecule has 1 aromatic carbocycles. The number of sulfonamides is 1. The van der Waals surface area contributed by atoms with Gasteiger partial charge in [-0.3, -0.25) is 0 Å². The fourth-order valence-electron chi connectivity index (χ4n) is 1.61. The Morgan fingerprint density at radius 2 is 1.84 bits per heavy atom. The largest absolute Gasteiger partial charge is 0.307 e. The van der Waals surface area contributed by atoms with E-state index in [0.717, 1.165) is 12.1 Å². The smallest absolute Gasteiger partial charge is 0.240 e. The third-order valence-electron chi connectivity index (χ3n) is 2.89. The summed E-state index contributed by atoms with van der Waals surface area (Å²) in [5.41, 5.74) is 2.34. The minimum Gasteiger partial charge on any atom is -0.307 e. The van der Waals surface area contributed by atoms with Crippen LogP contribution in [0.3, 0.4) is 0 Å². The van der Waals surface area contributed by atoms with Crippen LogP contribution in [0.5, 0.6) is 0 Å². The van der Waals surface area contributed by atoms with Crippen LogP contribution in [0.1, 0.15) is 32.4 Å². The van der Waals surface area contributed by atoms with Gasteiger partial charge in [-0.2, -0.15) is 0 Å². The fourth-order valence-corrected chi connectivity index (χ4v) is 2.34. The molecule has 4 nitrogen and oxygen atoms in total. The number of nitrogens with one attached hydrogen (secondary N) is 2. The van der Waals surface area contributed by atoms with Crippen molar-refractivity contribution in [1.82, 2.24) is 10.0 Å². The van der Waals surface area contributed by atoms with Gasteiger partial charge in [0.2, 0.25) is 10.0 Å². The van der Waals surface area contributed by atoms with Crippen LogP contribution in [0.2, 0.25) is 0 Å². The van der Waals surface area contributed by atoms with E-state index in [1.807, 2.05) is 12.1 Å². The van der Waals surface area contributed by atoms with Crippen molar-refractivity contribution in [2.24, 2.45) is 0 Å². The van der Waals surface area contributed by atoms with Crippen molar-refractivity contribution < 1.29 is 8.42 Å². The molecule has 19 heavy (non-hydrogen) atoms. The summed E-state index contributed by atoms with van der Waals surface area (Å²) in [6, 6.07) is 7.11. The Labute approximate surface area is 116 Å². The molecule has 0 spiro atoms. The highest BCUT2D eigenvalue weighted by molar-refractivity contribution is 7.89. The summed E-state index contributed by atoms with van der Waals surface area (Å²) >= 11 is 0. The molecule has 0 bridgehead atoms. The summed E-state index contributed by atoms with van der Waals surface area (Å²) in [5, 5.41) is 3.36. The Morgan fingerprint density at radius 3 is 2.32 bits per heavy atom. The molecule has 0 saturated heterocycles. The zero-order chi connectivity index (χ0) is 14.5. The van der Waals surface area contributed by atoms with Crippen LogP contribution in [0.15, 0.2) is 40.8 Å². The van der Waals surface area contributed by atoms with Gasteiger partial charge in [-0.05, 0) is 45.5 Å². The van der Waals surface area contributed by atoms with E-state index in [4.69, 9.17) is 0 Å². The summed E-state index contributed by atoms with van der Waals surface area (Å²) in [4.78, 5) is 0.287. The van der Waals surface area contributed by atoms with Crippen LogP contribution in [0.25, 0.3) is 0 Å². The van der Waals surface area contributed by atoms with E-state index in [-0.39, 0.29) is 10.9 Å². The Kier molecular flexibility index (Phi) is 5.72. The third-order valence-corrected chi connectivity index (χ3v) is 4.32. The van der Waals surface area contributed by atoms with E-state index in [1.165, 1.54) is 12.6 Å². The van der Waals surface area contributed by atoms with Crippen LogP contribution < -0.4 is 10.0 Å². The molecule has 0 fully saturated rings. The molecule has 0 radical (unpaired) electrons. The Morgan fingerprint density at radius 1 is 1.26 bits per heavy atom. The fraction of sp³-hybridized carbons (Fsp3) is 0.429. The van der Waals surface area contributed by atoms with E-state index in [2.05, 4.69) is 36.9 Å². The van der Waals surface area contributed by atoms with Crippen LogP contribution >= 0.6 is 0 Å². The first-order valence-corrected chi connectivity index (χ1v) is 7.75. The zero-order valence-electron chi connectivity index (χ0n) is 11.9. The van der Waals surface area contributed by atoms with Crippen molar-refractivity contribution >= 4 is 10.0 Å². The molecule has 2 N–H and O–H groups in total. The van der Waals surface area contributed by atoms with Crippen molar-refractivity contribution in [2.45, 2.75) is 31.7 Å². The van der Waals surface area contributed by atoms with Gasteiger partial charge in [-0.25, -0.2) is 13.1 Å². The molecule has 0 aromatic heterocycles. The van der Waals surface area contributed by atoms with E-state index in [0.29, 0.717) is 0 Å². The molecule has 5 heteroatoms. The highest BCUT2D eigenvalue weighted by atomic mass is 32.2. The van der Waals surface area contributed by atoms with Gasteiger partial charge in [0, 0.05) is 12.6 Å². The predicted octanol–water partition coefficient (Wildman–Crippen LogP) is 2.21. The number of allylic oxidation sites excluding steroid dienone is 1. The van der Waals surface area contributed by atoms with Gasteiger partial charge < -0.3 is 5.32 Å². The predicted molar refractivity (Wildman–Crippen MR) is 78.5 cm³/mol. The molecular formula is C14H22N2O2S. The first-order chi connectivity index (χ1) is 8.86. The Bertz CT molecular complexity index is 529. The van der Waals surface area contributed by atoms with Crippen molar-refractivity contribution in [3.05, 3.63) is 41.5 Å². The molecule has 0 amide bonds. The molecule has 0 saturated carbocycles. The maximum absolute atomic E-state index is 11.6. The lowest BCUT2D eigenvalue weighted by molar-refractivity contribution is 0.587. The standard InChI is InChI=1S/C14H22N2O2S/c1-11(2)9-10-16-12(3)13-5-7-14(8-6-13)19(17,18)15-4/h5-9,12,15-16H,10H2,1-4H3/t12-/m1/s1. The minimum absolute atomic E-state index is 0.182. The van der Waals surface area contributed by atoms with Crippen LogP contribution in [-0.4, -0.2) is 22.0 Å². The average Bonchev–Trinajstić information content (AvgIpc) is 2.38. The molecule has 106 valence electrons. The maximum Gasteiger partial charge on any atom is 0.240 e. The van der Waals surface area contributed by atoms with E-state index in [9.17, 15) is 8.42 Å². The van der Waals surface area contributed by atoms with E-state index < -0.39 is 10.0 Å². The summed E-state index contributed by atoms with van der Waals surface area (Å²) < 4.78 is 25.5. The second-order valence-corrected chi connectivity index (χ2v) is 6.57. The Balaban J connectivity index is 2.74. The molecule has 0 aliphatic carbocycles.